The van der Waals surface area contributed by atoms with Crippen LogP contribution >= 0.6 is 0 Å². The Morgan fingerprint density at radius 2 is 1.62 bits per heavy atom. The SMILES string of the molecule is CC(=O)[O-].Cc1cc2cc(B3OC(C)(C)C(C)(C)O3)ccc2[nH]1.[K+]. The molecule has 1 aromatic heterocycles. The number of carboxylic acids is 1. The van der Waals surface area contributed by atoms with E-state index < -0.39 is 5.97 Å². The van der Waals surface area contributed by atoms with Crippen LogP contribution in [-0.2, 0) is 14.1 Å². The number of aromatic nitrogens is 1. The predicted molar refractivity (Wildman–Crippen MR) is 89.4 cm³/mol. The van der Waals surface area contributed by atoms with E-state index in [-0.39, 0.29) is 69.7 Å². The summed E-state index contributed by atoms with van der Waals surface area (Å²) in [5.74, 6) is -1.08. The molecule has 0 bridgehead atoms. The zero-order valence-electron chi connectivity index (χ0n) is 15.5. The molecule has 1 saturated heterocycles. The van der Waals surface area contributed by atoms with Gasteiger partial charge in [-0.25, -0.2) is 0 Å². The van der Waals surface area contributed by atoms with Crippen molar-refractivity contribution < 1.29 is 70.6 Å². The molecule has 1 aliphatic heterocycles. The summed E-state index contributed by atoms with van der Waals surface area (Å²) >= 11 is 0. The zero-order valence-corrected chi connectivity index (χ0v) is 18.6. The molecule has 0 atom stereocenters. The van der Waals surface area contributed by atoms with Gasteiger partial charge in [-0.1, -0.05) is 12.1 Å². The van der Waals surface area contributed by atoms with E-state index in [4.69, 9.17) is 19.2 Å². The number of nitrogens with one attached hydrogen (secondary N) is 1. The summed E-state index contributed by atoms with van der Waals surface area (Å²) in [6, 6.07) is 8.44. The largest absolute Gasteiger partial charge is 1.00 e. The molecule has 3 rings (SSSR count). The fourth-order valence-corrected chi connectivity index (χ4v) is 2.42. The van der Waals surface area contributed by atoms with Crippen molar-refractivity contribution in [1.82, 2.24) is 4.98 Å². The van der Waals surface area contributed by atoms with Crippen molar-refractivity contribution in [3.8, 4) is 0 Å². The minimum Gasteiger partial charge on any atom is -0.550 e. The third-order valence-corrected chi connectivity index (χ3v) is 4.30. The molecule has 2 aromatic rings. The number of carbonyl (C=O) groups excluding carboxylic acids is 1. The van der Waals surface area contributed by atoms with Gasteiger partial charge >= 0.3 is 58.5 Å². The van der Waals surface area contributed by atoms with E-state index in [2.05, 4.69) is 63.9 Å². The van der Waals surface area contributed by atoms with Crippen LogP contribution in [0.25, 0.3) is 10.9 Å². The van der Waals surface area contributed by atoms with Crippen molar-refractivity contribution in [2.24, 2.45) is 0 Å². The third-order valence-electron chi connectivity index (χ3n) is 4.30. The average molecular weight is 355 g/mol. The molecule has 1 N–H and O–H groups in total. The molecule has 1 aromatic carbocycles. The summed E-state index contributed by atoms with van der Waals surface area (Å²) in [6.07, 6.45) is 0. The molecule has 5 nitrogen and oxygen atoms in total. The van der Waals surface area contributed by atoms with Crippen molar-refractivity contribution in [2.75, 3.05) is 0 Å². The first kappa shape index (κ1) is 21.9. The fourth-order valence-electron chi connectivity index (χ4n) is 2.42. The maximum Gasteiger partial charge on any atom is 1.00 e. The molecule has 7 heteroatoms. The normalized spacial score (nSPS) is 17.8. The second-order valence-corrected chi connectivity index (χ2v) is 6.88. The van der Waals surface area contributed by atoms with E-state index in [0.717, 1.165) is 17.9 Å². The minimum absolute atomic E-state index is 0. The molecule has 124 valence electrons. The second kappa shape index (κ2) is 8.03. The molecule has 0 amide bonds. The van der Waals surface area contributed by atoms with Crippen molar-refractivity contribution in [1.29, 1.82) is 0 Å². The van der Waals surface area contributed by atoms with Crippen LogP contribution in [0.4, 0.5) is 0 Å². The standard InChI is InChI=1S/C15H20BNO2.C2H4O2.K/c1-10-8-11-9-12(6-7-13(11)17-10)16-18-14(2,3)15(4,5)19-16;1-2(3)4;/h6-9,17H,1-5H3;1H3,(H,3,4);/q;;+1/p-1. The Bertz CT molecular complexity index is 706. The molecule has 1 aliphatic rings. The van der Waals surface area contributed by atoms with Gasteiger partial charge in [-0.15, -0.1) is 0 Å². The summed E-state index contributed by atoms with van der Waals surface area (Å²) in [5, 5.41) is 10.1. The molecule has 0 spiro atoms. The topological polar surface area (TPSA) is 74.4 Å². The van der Waals surface area contributed by atoms with Crippen LogP contribution in [0.1, 0.15) is 40.3 Å². The molecule has 0 saturated carbocycles. The Morgan fingerprint density at radius 3 is 2.12 bits per heavy atom. The van der Waals surface area contributed by atoms with Crippen LogP contribution in [0.3, 0.4) is 0 Å². The molecule has 24 heavy (non-hydrogen) atoms. The summed E-state index contributed by atoms with van der Waals surface area (Å²) < 4.78 is 12.1. The van der Waals surface area contributed by atoms with E-state index in [1.165, 1.54) is 11.1 Å². The quantitative estimate of drug-likeness (QED) is 0.635. The fraction of sp³-hybridized carbons (Fsp3) is 0.471. The average Bonchev–Trinajstić information content (AvgIpc) is 2.84. The van der Waals surface area contributed by atoms with Gasteiger partial charge in [0, 0.05) is 17.2 Å². The van der Waals surface area contributed by atoms with Gasteiger partial charge in [-0.05, 0) is 64.5 Å². The third kappa shape index (κ3) is 4.94. The monoisotopic (exact) mass is 355 g/mol. The number of H-pyrrole nitrogens is 1. The number of rotatable bonds is 1. The Balaban J connectivity index is 0.000000522. The first-order valence-corrected chi connectivity index (χ1v) is 7.64. The van der Waals surface area contributed by atoms with Crippen LogP contribution in [0, 0.1) is 6.92 Å². The number of aryl methyl sites for hydroxylation is 1. The number of aromatic amines is 1. The number of hydrogen-bond donors (Lipinski definition) is 1. The number of carboxylic acid groups (broad SMARTS) is 1. The Morgan fingerprint density at radius 1 is 1.12 bits per heavy atom. The van der Waals surface area contributed by atoms with Gasteiger partial charge in [0.15, 0.2) is 0 Å². The van der Waals surface area contributed by atoms with Crippen molar-refractivity contribution in [3.63, 3.8) is 0 Å². The van der Waals surface area contributed by atoms with Gasteiger partial charge in [0.2, 0.25) is 0 Å². The maximum atomic E-state index is 8.89. The van der Waals surface area contributed by atoms with E-state index in [1.54, 1.807) is 0 Å². The molecule has 0 unspecified atom stereocenters. The van der Waals surface area contributed by atoms with Crippen LogP contribution in [-0.4, -0.2) is 29.3 Å². The first-order valence-electron chi connectivity index (χ1n) is 7.64. The van der Waals surface area contributed by atoms with Gasteiger partial charge in [0.05, 0.1) is 11.2 Å². The van der Waals surface area contributed by atoms with Crippen LogP contribution in [0.15, 0.2) is 24.3 Å². The van der Waals surface area contributed by atoms with Crippen LogP contribution in [0.2, 0.25) is 0 Å². The molecular weight excluding hydrogens is 332 g/mol. The summed E-state index contributed by atoms with van der Waals surface area (Å²) in [5.41, 5.74) is 2.81. The predicted octanol–water partition coefficient (Wildman–Crippen LogP) is -1.46. The van der Waals surface area contributed by atoms with Crippen molar-refractivity contribution in [2.45, 2.75) is 52.7 Å². The van der Waals surface area contributed by atoms with Crippen LogP contribution in [0.5, 0.6) is 0 Å². The molecular formula is C17H23BKNO4. The van der Waals surface area contributed by atoms with E-state index >= 15 is 0 Å². The summed E-state index contributed by atoms with van der Waals surface area (Å²) in [7, 11) is -0.287. The number of benzene rings is 1. The number of fused-ring (bicyclic) bond motifs is 1. The van der Waals surface area contributed by atoms with E-state index in [1.807, 2.05) is 0 Å². The van der Waals surface area contributed by atoms with Crippen molar-refractivity contribution >= 4 is 29.5 Å². The molecule has 0 aliphatic carbocycles. The Labute approximate surface area is 186 Å². The van der Waals surface area contributed by atoms with Crippen LogP contribution < -0.4 is 62.0 Å². The number of aliphatic carboxylic acids is 1. The Hall–Kier alpha value is -0.149. The molecule has 0 radical (unpaired) electrons. The van der Waals surface area contributed by atoms with Gasteiger partial charge in [0.25, 0.3) is 0 Å². The van der Waals surface area contributed by atoms with E-state index in [9.17, 15) is 0 Å². The minimum atomic E-state index is -1.08. The summed E-state index contributed by atoms with van der Waals surface area (Å²) in [6.45, 7) is 11.3. The number of hydrogen-bond acceptors (Lipinski definition) is 4. The van der Waals surface area contributed by atoms with Gasteiger partial charge in [-0.3, -0.25) is 0 Å². The first-order chi connectivity index (χ1) is 10.5. The molecule has 1 fully saturated rings. The van der Waals surface area contributed by atoms with Gasteiger partial charge in [-0.2, -0.15) is 0 Å². The molecule has 2 heterocycles. The van der Waals surface area contributed by atoms with Gasteiger partial charge < -0.3 is 24.2 Å². The smallest absolute Gasteiger partial charge is 0.550 e. The Kier molecular flexibility index (Phi) is 7.33. The van der Waals surface area contributed by atoms with Gasteiger partial charge in [0.1, 0.15) is 0 Å². The van der Waals surface area contributed by atoms with E-state index in [0.29, 0.717) is 0 Å². The second-order valence-electron chi connectivity index (χ2n) is 6.88. The zero-order chi connectivity index (χ0) is 17.4. The maximum absolute atomic E-state index is 8.89. The summed E-state index contributed by atoms with van der Waals surface area (Å²) in [4.78, 5) is 12.2. The van der Waals surface area contributed by atoms with Crippen molar-refractivity contribution in [3.05, 3.63) is 30.0 Å². The number of carbonyl (C=O) groups is 1.